The summed E-state index contributed by atoms with van der Waals surface area (Å²) in [6.45, 7) is 0. The van der Waals surface area contributed by atoms with Crippen molar-refractivity contribution in [3.63, 3.8) is 0 Å². The molecule has 105 valence electrons. The van der Waals surface area contributed by atoms with Gasteiger partial charge in [0, 0.05) is 27.8 Å². The molecule has 0 aliphatic rings. The van der Waals surface area contributed by atoms with Gasteiger partial charge in [-0.1, -0.05) is 48.5 Å². The van der Waals surface area contributed by atoms with Crippen LogP contribution in [-0.2, 0) is 17.1 Å². The maximum absolute atomic E-state index is 4.69. The van der Waals surface area contributed by atoms with Gasteiger partial charge >= 0.3 is 0 Å². The maximum atomic E-state index is 4.69. The quantitative estimate of drug-likeness (QED) is 0.484. The fraction of sp³-hybridized carbons (Fsp3) is 0. The van der Waals surface area contributed by atoms with Crippen molar-refractivity contribution in [2.45, 2.75) is 0 Å². The smallest absolute Gasteiger partial charge is 0.0894 e. The minimum absolute atomic E-state index is 0. The van der Waals surface area contributed by atoms with Gasteiger partial charge in [0.2, 0.25) is 0 Å². The zero-order valence-electron chi connectivity index (χ0n) is 11.1. The van der Waals surface area contributed by atoms with Gasteiger partial charge in [0.05, 0.1) is 22.4 Å². The first-order valence-electron chi connectivity index (χ1n) is 6.62. The molecule has 0 saturated heterocycles. The third kappa shape index (κ3) is 2.54. The zero-order valence-corrected chi connectivity index (χ0v) is 12.1. The number of para-hydroxylation sites is 2. The molecule has 2 aromatic carbocycles. The van der Waals surface area contributed by atoms with Gasteiger partial charge < -0.3 is 0 Å². The van der Waals surface area contributed by atoms with Crippen molar-refractivity contribution in [1.82, 2.24) is 9.97 Å². The molecule has 0 atom stereocenters. The molecule has 4 rings (SSSR count). The molecule has 2 heterocycles. The number of hydrogen-bond acceptors (Lipinski definition) is 2. The van der Waals surface area contributed by atoms with Gasteiger partial charge in [-0.05, 0) is 24.3 Å². The summed E-state index contributed by atoms with van der Waals surface area (Å²) in [5.74, 6) is 0. The van der Waals surface area contributed by atoms with Crippen LogP contribution in [0.1, 0.15) is 0 Å². The monoisotopic (exact) mass is 319 g/mol. The van der Waals surface area contributed by atoms with E-state index in [1.54, 1.807) is 0 Å². The van der Waals surface area contributed by atoms with E-state index in [1.165, 1.54) is 0 Å². The van der Waals surface area contributed by atoms with E-state index in [2.05, 4.69) is 34.2 Å². The summed E-state index contributed by atoms with van der Waals surface area (Å²) in [6, 6.07) is 24.5. The number of pyridine rings is 2. The van der Waals surface area contributed by atoms with Crippen LogP contribution in [0, 0.1) is 0 Å². The number of nitrogens with zero attached hydrogens (tertiary/aromatic N) is 2. The van der Waals surface area contributed by atoms with Crippen molar-refractivity contribution in [3.05, 3.63) is 72.8 Å². The van der Waals surface area contributed by atoms with E-state index in [0.29, 0.717) is 0 Å². The fourth-order valence-corrected chi connectivity index (χ4v) is 2.42. The first-order chi connectivity index (χ1) is 9.90. The number of fused-ring (bicyclic) bond motifs is 2. The summed E-state index contributed by atoms with van der Waals surface area (Å²) in [4.78, 5) is 9.38. The van der Waals surface area contributed by atoms with E-state index in [-0.39, 0.29) is 17.1 Å². The van der Waals surface area contributed by atoms with E-state index >= 15 is 0 Å². The first kappa shape index (κ1) is 13.7. The molecule has 0 aliphatic heterocycles. The van der Waals surface area contributed by atoms with E-state index in [0.717, 1.165) is 33.2 Å². The van der Waals surface area contributed by atoms with Crippen molar-refractivity contribution in [3.8, 4) is 11.4 Å². The third-order valence-corrected chi connectivity index (χ3v) is 3.46. The summed E-state index contributed by atoms with van der Waals surface area (Å²) in [5.41, 5.74) is 3.82. The Morgan fingerprint density at radius 2 is 0.905 bits per heavy atom. The molecule has 21 heavy (non-hydrogen) atoms. The van der Waals surface area contributed by atoms with Crippen molar-refractivity contribution >= 4 is 21.8 Å². The molecule has 0 spiro atoms. The van der Waals surface area contributed by atoms with Crippen molar-refractivity contribution in [1.29, 1.82) is 0 Å². The van der Waals surface area contributed by atoms with Gasteiger partial charge in [-0.15, -0.1) is 0 Å². The van der Waals surface area contributed by atoms with Crippen molar-refractivity contribution in [2.75, 3.05) is 0 Å². The molecule has 0 aliphatic carbocycles. The predicted molar refractivity (Wildman–Crippen MR) is 82.5 cm³/mol. The van der Waals surface area contributed by atoms with Crippen LogP contribution in [0.2, 0.25) is 0 Å². The summed E-state index contributed by atoms with van der Waals surface area (Å²) < 4.78 is 0. The molecule has 0 amide bonds. The Labute approximate surface area is 133 Å². The molecule has 0 unspecified atom stereocenters. The van der Waals surface area contributed by atoms with Crippen molar-refractivity contribution < 1.29 is 17.1 Å². The van der Waals surface area contributed by atoms with Gasteiger partial charge in [-0.3, -0.25) is 0 Å². The normalized spacial score (nSPS) is 10.5. The van der Waals surface area contributed by atoms with Crippen LogP contribution in [0.15, 0.2) is 72.8 Å². The summed E-state index contributed by atoms with van der Waals surface area (Å²) in [7, 11) is 0. The van der Waals surface area contributed by atoms with Gasteiger partial charge in [-0.25, -0.2) is 9.97 Å². The SMILES string of the molecule is [Cu].c1ccc2nc(-c3ccc4ccccc4n3)ccc2c1. The van der Waals surface area contributed by atoms with Gasteiger partial charge in [0.1, 0.15) is 0 Å². The Morgan fingerprint density at radius 1 is 0.476 bits per heavy atom. The molecular weight excluding hydrogens is 308 g/mol. The van der Waals surface area contributed by atoms with Crippen LogP contribution in [0.25, 0.3) is 33.2 Å². The third-order valence-electron chi connectivity index (χ3n) is 3.46. The van der Waals surface area contributed by atoms with E-state index in [1.807, 2.05) is 48.5 Å². The van der Waals surface area contributed by atoms with Crippen LogP contribution in [0.5, 0.6) is 0 Å². The topological polar surface area (TPSA) is 25.8 Å². The molecular formula is C18H12CuN2. The summed E-state index contributed by atoms with van der Waals surface area (Å²) >= 11 is 0. The van der Waals surface area contributed by atoms with Crippen LogP contribution < -0.4 is 0 Å². The van der Waals surface area contributed by atoms with Crippen LogP contribution in [0.3, 0.4) is 0 Å². The molecule has 0 saturated carbocycles. The molecule has 0 bridgehead atoms. The van der Waals surface area contributed by atoms with Crippen molar-refractivity contribution in [2.24, 2.45) is 0 Å². The van der Waals surface area contributed by atoms with Gasteiger partial charge in [-0.2, -0.15) is 0 Å². The Balaban J connectivity index is 0.00000132. The molecule has 4 aromatic rings. The number of hydrogen-bond donors (Lipinski definition) is 0. The predicted octanol–water partition coefficient (Wildman–Crippen LogP) is 4.45. The molecule has 3 heteroatoms. The number of rotatable bonds is 1. The standard InChI is InChI=1S/C18H12N2.Cu/c1-3-7-15-13(5-1)9-11-17(19-15)18-12-10-14-6-2-4-8-16(14)20-18;/h1-12H;. The second-order valence-electron chi connectivity index (χ2n) is 4.78. The second-order valence-corrected chi connectivity index (χ2v) is 4.78. The molecule has 2 aromatic heterocycles. The molecule has 0 N–H and O–H groups in total. The summed E-state index contributed by atoms with van der Waals surface area (Å²) in [5, 5.41) is 2.30. The van der Waals surface area contributed by atoms with E-state index in [9.17, 15) is 0 Å². The largest absolute Gasteiger partial charge is 0.246 e. The minimum Gasteiger partial charge on any atom is -0.246 e. The first-order valence-corrected chi connectivity index (χ1v) is 6.62. The summed E-state index contributed by atoms with van der Waals surface area (Å²) in [6.07, 6.45) is 0. The molecule has 2 nitrogen and oxygen atoms in total. The van der Waals surface area contributed by atoms with Gasteiger partial charge in [0.15, 0.2) is 0 Å². The Morgan fingerprint density at radius 3 is 1.38 bits per heavy atom. The van der Waals surface area contributed by atoms with Crippen LogP contribution >= 0.6 is 0 Å². The van der Waals surface area contributed by atoms with Crippen LogP contribution in [0.4, 0.5) is 0 Å². The average Bonchev–Trinajstić information content (AvgIpc) is 2.54. The second kappa shape index (κ2) is 5.64. The fourth-order valence-electron chi connectivity index (χ4n) is 2.42. The molecule has 0 fully saturated rings. The van der Waals surface area contributed by atoms with Crippen LogP contribution in [-0.4, -0.2) is 9.97 Å². The molecule has 1 radical (unpaired) electrons. The minimum atomic E-state index is 0. The Bertz CT molecular complexity index is 841. The Kier molecular flexibility index (Phi) is 3.70. The van der Waals surface area contributed by atoms with E-state index in [4.69, 9.17) is 0 Å². The number of benzene rings is 2. The van der Waals surface area contributed by atoms with Gasteiger partial charge in [0.25, 0.3) is 0 Å². The average molecular weight is 320 g/mol. The maximum Gasteiger partial charge on any atom is 0.0894 e. The number of aromatic nitrogens is 2. The zero-order chi connectivity index (χ0) is 13.4. The van der Waals surface area contributed by atoms with E-state index < -0.39 is 0 Å². The Hall–Kier alpha value is -2.22.